The van der Waals surface area contributed by atoms with Crippen molar-refractivity contribution in [3.63, 3.8) is 0 Å². The van der Waals surface area contributed by atoms with Crippen LogP contribution in [0.4, 0.5) is 0 Å². The van der Waals surface area contributed by atoms with E-state index in [-0.39, 0.29) is 0 Å². The van der Waals surface area contributed by atoms with Crippen molar-refractivity contribution in [1.29, 1.82) is 0 Å². The van der Waals surface area contributed by atoms with Gasteiger partial charge in [0, 0.05) is 38.3 Å². The fourth-order valence-corrected chi connectivity index (χ4v) is 6.85. The molecular weight excluding hydrogens is 508 g/mol. The summed E-state index contributed by atoms with van der Waals surface area (Å²) in [5.41, 5.74) is 9.68. The molecule has 0 amide bonds. The van der Waals surface area contributed by atoms with Crippen LogP contribution in [0.15, 0.2) is 158 Å². The molecule has 0 N–H and O–H groups in total. The number of hydrogen-bond acceptors (Lipinski definition) is 0. The first-order valence-electron chi connectivity index (χ1n) is 14.5. The summed E-state index contributed by atoms with van der Waals surface area (Å²) in [5, 5.41) is 7.55. The van der Waals surface area contributed by atoms with Gasteiger partial charge in [-0.25, -0.2) is 0 Å². The molecule has 0 aliphatic carbocycles. The second-order valence-electron chi connectivity index (χ2n) is 11.0. The number of rotatable bonds is 3. The molecule has 9 rings (SSSR count). The summed E-state index contributed by atoms with van der Waals surface area (Å²) in [7, 11) is 0. The smallest absolute Gasteiger partial charge is 0.0789 e. The average Bonchev–Trinajstić information content (AvgIpc) is 3.59. The summed E-state index contributed by atoms with van der Waals surface area (Å²) in [6.07, 6.45) is 0. The third-order valence-electron chi connectivity index (χ3n) is 8.69. The zero-order chi connectivity index (χ0) is 27.6. The lowest BCUT2D eigenvalue weighted by molar-refractivity contribution is 1.15. The molecule has 0 fully saturated rings. The minimum atomic E-state index is 1.16. The van der Waals surface area contributed by atoms with Crippen molar-refractivity contribution in [3.8, 4) is 22.5 Å². The van der Waals surface area contributed by atoms with Gasteiger partial charge in [-0.05, 0) is 46.8 Å². The molecule has 0 saturated carbocycles. The van der Waals surface area contributed by atoms with E-state index in [4.69, 9.17) is 0 Å². The van der Waals surface area contributed by atoms with Gasteiger partial charge in [0.05, 0.1) is 22.1 Å². The molecule has 2 aromatic heterocycles. The molecule has 0 radical (unpaired) electrons. The highest BCUT2D eigenvalue weighted by atomic mass is 15.0. The molecule has 42 heavy (non-hydrogen) atoms. The first-order valence-corrected chi connectivity index (χ1v) is 14.5. The van der Waals surface area contributed by atoms with E-state index in [0.29, 0.717) is 0 Å². The van der Waals surface area contributed by atoms with Crippen LogP contribution >= 0.6 is 0 Å². The van der Waals surface area contributed by atoms with Crippen LogP contribution in [0.5, 0.6) is 0 Å². The van der Waals surface area contributed by atoms with Gasteiger partial charge in [-0.2, -0.15) is 0 Å². The van der Waals surface area contributed by atoms with E-state index in [9.17, 15) is 0 Å². The molecule has 0 atom stereocenters. The molecule has 0 bridgehead atoms. The summed E-state index contributed by atoms with van der Waals surface area (Å²) in [6.45, 7) is 0. The third kappa shape index (κ3) is 3.27. The molecule has 7 aromatic carbocycles. The van der Waals surface area contributed by atoms with Crippen molar-refractivity contribution < 1.29 is 0 Å². The normalized spacial score (nSPS) is 11.8. The van der Waals surface area contributed by atoms with Gasteiger partial charge in [-0.1, -0.05) is 127 Å². The Balaban J connectivity index is 1.49. The van der Waals surface area contributed by atoms with Crippen LogP contribution < -0.4 is 0 Å². The maximum atomic E-state index is 2.50. The van der Waals surface area contributed by atoms with E-state index in [0.717, 1.165) is 11.4 Å². The molecule has 0 unspecified atom stereocenters. The number of aromatic nitrogens is 2. The van der Waals surface area contributed by atoms with Crippen LogP contribution in [0, 0.1) is 0 Å². The molecule has 0 saturated heterocycles. The van der Waals surface area contributed by atoms with Gasteiger partial charge in [0.15, 0.2) is 0 Å². The molecule has 0 aliphatic heterocycles. The first-order chi connectivity index (χ1) is 20.9. The Morgan fingerprint density at radius 2 is 0.810 bits per heavy atom. The summed E-state index contributed by atoms with van der Waals surface area (Å²) in [4.78, 5) is 0. The maximum Gasteiger partial charge on any atom is 0.0789 e. The largest absolute Gasteiger partial charge is 0.307 e. The van der Waals surface area contributed by atoms with E-state index >= 15 is 0 Å². The van der Waals surface area contributed by atoms with E-state index in [1.807, 2.05) is 0 Å². The zero-order valence-corrected chi connectivity index (χ0v) is 22.9. The fourth-order valence-electron chi connectivity index (χ4n) is 6.85. The summed E-state index contributed by atoms with van der Waals surface area (Å²) in [5.74, 6) is 0. The maximum absolute atomic E-state index is 2.50. The number of para-hydroxylation sites is 2. The summed E-state index contributed by atoms with van der Waals surface area (Å²) >= 11 is 0. The fraction of sp³-hybridized carbons (Fsp3) is 0. The molecule has 196 valence electrons. The van der Waals surface area contributed by atoms with Crippen LogP contribution in [0.25, 0.3) is 76.9 Å². The van der Waals surface area contributed by atoms with Gasteiger partial charge in [-0.3, -0.25) is 0 Å². The predicted octanol–water partition coefficient (Wildman–Crippen LogP) is 10.7. The Bertz CT molecular complexity index is 2430. The van der Waals surface area contributed by atoms with Crippen molar-refractivity contribution in [2.75, 3.05) is 0 Å². The van der Waals surface area contributed by atoms with E-state index in [1.165, 1.54) is 65.5 Å². The van der Waals surface area contributed by atoms with Crippen molar-refractivity contribution in [1.82, 2.24) is 9.13 Å². The molecule has 9 aromatic rings. The van der Waals surface area contributed by atoms with Crippen molar-refractivity contribution in [3.05, 3.63) is 158 Å². The van der Waals surface area contributed by atoms with Gasteiger partial charge in [-0.15, -0.1) is 0 Å². The number of hydrogen-bond donors (Lipinski definition) is 0. The Morgan fingerprint density at radius 3 is 1.60 bits per heavy atom. The van der Waals surface area contributed by atoms with E-state index in [2.05, 4.69) is 167 Å². The zero-order valence-electron chi connectivity index (χ0n) is 22.9. The van der Waals surface area contributed by atoms with Crippen LogP contribution in [-0.2, 0) is 0 Å². The van der Waals surface area contributed by atoms with Crippen molar-refractivity contribution in [2.45, 2.75) is 0 Å². The standard InChI is InChI=1S/C40H26N2/c1-3-11-27(12-4-1)28-19-22-31(23-20-28)42-38-32-16-8-7-13-29(32)21-24-35(38)36-26-25-34-33-17-9-10-18-37(33)41(39(34)40(36)42)30-14-5-2-6-15-30/h1-26H. The van der Waals surface area contributed by atoms with Crippen LogP contribution in [-0.4, -0.2) is 9.13 Å². The minimum Gasteiger partial charge on any atom is -0.307 e. The Kier molecular flexibility index (Phi) is 4.93. The Labute approximate surface area is 243 Å². The highest BCUT2D eigenvalue weighted by Crippen LogP contribution is 2.43. The minimum absolute atomic E-state index is 1.16. The molecule has 0 aliphatic rings. The lowest BCUT2D eigenvalue weighted by Gasteiger charge is -2.14. The topological polar surface area (TPSA) is 9.86 Å². The average molecular weight is 535 g/mol. The quantitative estimate of drug-likeness (QED) is 0.213. The van der Waals surface area contributed by atoms with Gasteiger partial charge in [0.2, 0.25) is 0 Å². The van der Waals surface area contributed by atoms with Gasteiger partial charge in [0.25, 0.3) is 0 Å². The monoisotopic (exact) mass is 534 g/mol. The molecule has 0 spiro atoms. The second kappa shape index (κ2) is 8.95. The van der Waals surface area contributed by atoms with Crippen LogP contribution in [0.2, 0.25) is 0 Å². The molecule has 2 nitrogen and oxygen atoms in total. The Hall–Kier alpha value is -5.60. The van der Waals surface area contributed by atoms with Crippen molar-refractivity contribution in [2.24, 2.45) is 0 Å². The summed E-state index contributed by atoms with van der Waals surface area (Å²) in [6, 6.07) is 57.2. The Morgan fingerprint density at radius 1 is 0.286 bits per heavy atom. The number of benzene rings is 7. The van der Waals surface area contributed by atoms with E-state index < -0.39 is 0 Å². The predicted molar refractivity (Wildman–Crippen MR) is 178 cm³/mol. The van der Waals surface area contributed by atoms with Crippen LogP contribution in [0.3, 0.4) is 0 Å². The first kappa shape index (κ1) is 23.1. The summed E-state index contributed by atoms with van der Waals surface area (Å²) < 4.78 is 4.95. The lowest BCUT2D eigenvalue weighted by Crippen LogP contribution is -1.99. The molecular formula is C40H26N2. The SMILES string of the molecule is c1ccc(-c2ccc(-n3c4c5ccccc5ccc4c4ccc5c6ccccc6n(-c6ccccc6)c5c43)cc2)cc1. The van der Waals surface area contributed by atoms with Gasteiger partial charge >= 0.3 is 0 Å². The highest BCUT2D eigenvalue weighted by molar-refractivity contribution is 6.26. The van der Waals surface area contributed by atoms with Gasteiger partial charge in [0.1, 0.15) is 0 Å². The molecule has 2 heterocycles. The lowest BCUT2D eigenvalue weighted by atomic mass is 10.0. The second-order valence-corrected chi connectivity index (χ2v) is 11.0. The highest BCUT2D eigenvalue weighted by Gasteiger charge is 2.22. The van der Waals surface area contributed by atoms with Gasteiger partial charge < -0.3 is 9.13 Å². The van der Waals surface area contributed by atoms with Crippen molar-refractivity contribution >= 4 is 54.4 Å². The third-order valence-corrected chi connectivity index (χ3v) is 8.69. The van der Waals surface area contributed by atoms with E-state index in [1.54, 1.807) is 0 Å². The van der Waals surface area contributed by atoms with Crippen LogP contribution in [0.1, 0.15) is 0 Å². The number of fused-ring (bicyclic) bond motifs is 9. The number of nitrogens with zero attached hydrogens (tertiary/aromatic N) is 2. The molecule has 2 heteroatoms.